The first kappa shape index (κ1) is 22.5. The Balaban J connectivity index is 1.59. The van der Waals surface area contributed by atoms with Gasteiger partial charge in [0.25, 0.3) is 0 Å². The molecule has 0 saturated heterocycles. The number of aliphatic hydroxyl groups is 1. The maximum absolute atomic E-state index is 13.1. The minimum Gasteiger partial charge on any atom is -0.464 e. The third kappa shape index (κ3) is 5.22. The molecule has 4 rings (SSSR count). The standard InChI is InChI=1S/C26H24O7/c1-2-11-30-26(29)23-12-19(21-16-31-22-6-4-3-5-20(22)25(21)28)13-24(33-23)32-15-18-9-7-17(14-27)8-10-18/h2-10,12,16,19,24,27H,1,11,13-15H2/t19-,24+/m1/s1. The number of fused-ring (bicyclic) bond motifs is 1. The number of ether oxygens (including phenoxy) is 3. The van der Waals surface area contributed by atoms with Crippen LogP contribution in [0.3, 0.4) is 0 Å². The molecule has 33 heavy (non-hydrogen) atoms. The van der Waals surface area contributed by atoms with Gasteiger partial charge in [0.05, 0.1) is 24.9 Å². The number of allylic oxidation sites excluding steroid dienone is 1. The monoisotopic (exact) mass is 448 g/mol. The molecule has 2 heterocycles. The van der Waals surface area contributed by atoms with Crippen LogP contribution in [-0.2, 0) is 32.2 Å². The Bertz CT molecular complexity index is 1220. The second-order valence-corrected chi connectivity index (χ2v) is 7.61. The highest BCUT2D eigenvalue weighted by Crippen LogP contribution is 2.31. The average molecular weight is 448 g/mol. The smallest absolute Gasteiger partial charge is 0.373 e. The molecule has 1 aliphatic heterocycles. The Morgan fingerprint density at radius 2 is 1.91 bits per heavy atom. The summed E-state index contributed by atoms with van der Waals surface area (Å²) < 4.78 is 22.5. The fourth-order valence-electron chi connectivity index (χ4n) is 3.61. The van der Waals surface area contributed by atoms with Crippen molar-refractivity contribution < 1.29 is 28.5 Å². The summed E-state index contributed by atoms with van der Waals surface area (Å²) in [7, 11) is 0. The van der Waals surface area contributed by atoms with Gasteiger partial charge in [-0.05, 0) is 29.3 Å². The molecule has 0 radical (unpaired) electrons. The summed E-state index contributed by atoms with van der Waals surface area (Å²) in [6.45, 7) is 3.76. The number of carbonyl (C=O) groups excluding carboxylic acids is 1. The maximum Gasteiger partial charge on any atom is 0.373 e. The van der Waals surface area contributed by atoms with E-state index >= 15 is 0 Å². The van der Waals surface area contributed by atoms with E-state index in [0.29, 0.717) is 23.0 Å². The molecule has 1 aromatic heterocycles. The van der Waals surface area contributed by atoms with E-state index in [1.54, 1.807) is 30.3 Å². The highest BCUT2D eigenvalue weighted by molar-refractivity contribution is 5.86. The van der Waals surface area contributed by atoms with Crippen molar-refractivity contribution in [2.24, 2.45) is 0 Å². The van der Waals surface area contributed by atoms with Gasteiger partial charge in [0.15, 0.2) is 5.43 Å². The Hall–Kier alpha value is -3.68. The Morgan fingerprint density at radius 1 is 1.15 bits per heavy atom. The normalized spacial score (nSPS) is 17.8. The van der Waals surface area contributed by atoms with Gasteiger partial charge in [-0.15, -0.1) is 0 Å². The molecule has 7 nitrogen and oxygen atoms in total. The molecule has 170 valence electrons. The molecule has 2 atom stereocenters. The molecule has 1 N–H and O–H groups in total. The fraction of sp³-hybridized carbons (Fsp3) is 0.231. The van der Waals surface area contributed by atoms with E-state index in [-0.39, 0.29) is 31.0 Å². The molecule has 0 bridgehead atoms. The summed E-state index contributed by atoms with van der Waals surface area (Å²) in [5.41, 5.74) is 2.41. The van der Waals surface area contributed by atoms with E-state index < -0.39 is 18.2 Å². The number of hydrogen-bond donors (Lipinski definition) is 1. The molecule has 0 saturated carbocycles. The van der Waals surface area contributed by atoms with E-state index in [4.69, 9.17) is 18.6 Å². The lowest BCUT2D eigenvalue weighted by Gasteiger charge is -2.28. The van der Waals surface area contributed by atoms with Gasteiger partial charge >= 0.3 is 5.97 Å². The van der Waals surface area contributed by atoms with Crippen LogP contribution < -0.4 is 5.43 Å². The first-order chi connectivity index (χ1) is 16.1. The molecule has 0 unspecified atom stereocenters. The Kier molecular flexibility index (Phi) is 7.02. The fourth-order valence-corrected chi connectivity index (χ4v) is 3.61. The van der Waals surface area contributed by atoms with Gasteiger partial charge in [0.2, 0.25) is 12.0 Å². The summed E-state index contributed by atoms with van der Waals surface area (Å²) >= 11 is 0. The number of hydrogen-bond acceptors (Lipinski definition) is 7. The third-order valence-corrected chi connectivity index (χ3v) is 5.34. The largest absolute Gasteiger partial charge is 0.464 e. The van der Waals surface area contributed by atoms with Crippen LogP contribution in [0.2, 0.25) is 0 Å². The van der Waals surface area contributed by atoms with Crippen molar-refractivity contribution in [2.45, 2.75) is 31.8 Å². The average Bonchev–Trinajstić information content (AvgIpc) is 2.86. The summed E-state index contributed by atoms with van der Waals surface area (Å²) in [6, 6.07) is 14.3. The first-order valence-corrected chi connectivity index (χ1v) is 10.6. The molecule has 1 aliphatic rings. The lowest BCUT2D eigenvalue weighted by Crippen LogP contribution is -2.29. The molecule has 7 heteroatoms. The van der Waals surface area contributed by atoms with Gasteiger partial charge in [0, 0.05) is 17.9 Å². The van der Waals surface area contributed by atoms with Crippen molar-refractivity contribution in [3.05, 3.63) is 106 Å². The number of aliphatic hydroxyl groups excluding tert-OH is 1. The maximum atomic E-state index is 13.1. The summed E-state index contributed by atoms with van der Waals surface area (Å²) in [4.78, 5) is 25.6. The predicted molar refractivity (Wildman–Crippen MR) is 121 cm³/mol. The van der Waals surface area contributed by atoms with Crippen LogP contribution >= 0.6 is 0 Å². The van der Waals surface area contributed by atoms with Gasteiger partial charge in [-0.25, -0.2) is 4.79 Å². The zero-order valence-electron chi connectivity index (χ0n) is 17.9. The van der Waals surface area contributed by atoms with Crippen LogP contribution in [-0.4, -0.2) is 24.0 Å². The highest BCUT2D eigenvalue weighted by Gasteiger charge is 2.31. The molecule has 3 aromatic rings. The lowest BCUT2D eigenvalue weighted by molar-refractivity contribution is -0.163. The molecule has 0 amide bonds. The van der Waals surface area contributed by atoms with Crippen LogP contribution in [0.25, 0.3) is 11.0 Å². The van der Waals surface area contributed by atoms with E-state index in [9.17, 15) is 14.7 Å². The third-order valence-electron chi connectivity index (χ3n) is 5.34. The van der Waals surface area contributed by atoms with E-state index in [1.807, 2.05) is 24.3 Å². The molecule has 2 aromatic carbocycles. The quantitative estimate of drug-likeness (QED) is 0.412. The van der Waals surface area contributed by atoms with E-state index in [1.165, 1.54) is 12.3 Å². The second-order valence-electron chi connectivity index (χ2n) is 7.61. The van der Waals surface area contributed by atoms with Crippen LogP contribution in [0.4, 0.5) is 0 Å². The summed E-state index contributed by atoms with van der Waals surface area (Å²) in [5, 5.41) is 9.66. The molecule has 0 fully saturated rings. The van der Waals surface area contributed by atoms with Crippen molar-refractivity contribution in [1.29, 1.82) is 0 Å². The van der Waals surface area contributed by atoms with Crippen molar-refractivity contribution in [3.63, 3.8) is 0 Å². The minimum atomic E-state index is -0.783. The van der Waals surface area contributed by atoms with Crippen molar-refractivity contribution >= 4 is 16.9 Å². The Morgan fingerprint density at radius 3 is 2.67 bits per heavy atom. The van der Waals surface area contributed by atoms with Gasteiger partial charge < -0.3 is 23.7 Å². The number of carbonyl (C=O) groups is 1. The number of para-hydroxylation sites is 1. The van der Waals surface area contributed by atoms with Gasteiger partial charge in [-0.2, -0.15) is 0 Å². The number of benzene rings is 2. The van der Waals surface area contributed by atoms with Crippen LogP contribution in [0.15, 0.2) is 88.5 Å². The minimum absolute atomic E-state index is 0.0266. The zero-order valence-corrected chi connectivity index (χ0v) is 17.9. The highest BCUT2D eigenvalue weighted by atomic mass is 16.7. The van der Waals surface area contributed by atoms with E-state index in [2.05, 4.69) is 6.58 Å². The van der Waals surface area contributed by atoms with Crippen LogP contribution in [0, 0.1) is 0 Å². The van der Waals surface area contributed by atoms with Crippen LogP contribution in [0.5, 0.6) is 0 Å². The van der Waals surface area contributed by atoms with Crippen molar-refractivity contribution in [1.82, 2.24) is 0 Å². The number of esters is 1. The molecule has 0 aliphatic carbocycles. The first-order valence-electron chi connectivity index (χ1n) is 10.6. The summed E-state index contributed by atoms with van der Waals surface area (Å²) in [6.07, 6.45) is 3.99. The predicted octanol–water partition coefficient (Wildman–Crippen LogP) is 3.95. The van der Waals surface area contributed by atoms with E-state index in [0.717, 1.165) is 11.1 Å². The van der Waals surface area contributed by atoms with Crippen LogP contribution in [0.1, 0.15) is 29.0 Å². The van der Waals surface area contributed by atoms with Gasteiger partial charge in [-0.1, -0.05) is 49.1 Å². The van der Waals surface area contributed by atoms with Gasteiger partial charge in [-0.3, -0.25) is 4.79 Å². The SMILES string of the molecule is C=CCOC(=O)C1=C[C@@H](c2coc3ccccc3c2=O)C[C@@H](OCc2ccc(CO)cc2)O1. The molecule has 0 spiro atoms. The lowest BCUT2D eigenvalue weighted by atomic mass is 9.93. The van der Waals surface area contributed by atoms with Crippen molar-refractivity contribution in [3.8, 4) is 0 Å². The second kappa shape index (κ2) is 10.3. The molecular weight excluding hydrogens is 424 g/mol. The molecular formula is C26H24O7. The number of rotatable bonds is 8. The summed E-state index contributed by atoms with van der Waals surface area (Å²) in [5.74, 6) is -1.15. The topological polar surface area (TPSA) is 95.2 Å². The Labute approximate surface area is 190 Å². The van der Waals surface area contributed by atoms with Gasteiger partial charge in [0.1, 0.15) is 12.2 Å². The zero-order chi connectivity index (χ0) is 23.2. The van der Waals surface area contributed by atoms with Crippen molar-refractivity contribution in [2.75, 3.05) is 6.61 Å².